The van der Waals surface area contributed by atoms with Crippen LogP contribution in [-0.4, -0.2) is 30.8 Å². The highest BCUT2D eigenvalue weighted by Crippen LogP contribution is 2.27. The summed E-state index contributed by atoms with van der Waals surface area (Å²) in [5.41, 5.74) is 3.28. The second-order valence-corrected chi connectivity index (χ2v) is 8.27. The summed E-state index contributed by atoms with van der Waals surface area (Å²) in [5, 5.41) is 0. The van der Waals surface area contributed by atoms with Gasteiger partial charge >= 0.3 is 5.97 Å². The van der Waals surface area contributed by atoms with Gasteiger partial charge < -0.3 is 9.64 Å². The number of anilines is 1. The van der Waals surface area contributed by atoms with Crippen molar-refractivity contribution in [2.24, 2.45) is 5.92 Å². The van der Waals surface area contributed by atoms with Gasteiger partial charge in [0.05, 0.1) is 5.92 Å². The van der Waals surface area contributed by atoms with Gasteiger partial charge in [-0.25, -0.2) is 0 Å². The monoisotopic (exact) mass is 477 g/mol. The van der Waals surface area contributed by atoms with Gasteiger partial charge in [-0.1, -0.05) is 70.5 Å². The lowest BCUT2D eigenvalue weighted by atomic mass is 10.0. The van der Waals surface area contributed by atoms with E-state index >= 15 is 0 Å². The summed E-state index contributed by atoms with van der Waals surface area (Å²) in [4.78, 5) is 38.8. The van der Waals surface area contributed by atoms with Crippen LogP contribution in [0.15, 0.2) is 83.3 Å². The number of halogens is 1. The maximum absolute atomic E-state index is 12.4. The third-order valence-corrected chi connectivity index (χ3v) is 5.78. The van der Waals surface area contributed by atoms with Crippen molar-refractivity contribution in [3.63, 3.8) is 0 Å². The Hall–Kier alpha value is -3.25. The van der Waals surface area contributed by atoms with Crippen LogP contribution in [0.3, 0.4) is 0 Å². The molecule has 5 nitrogen and oxygen atoms in total. The minimum atomic E-state index is -0.579. The molecule has 0 bridgehead atoms. The fourth-order valence-electron chi connectivity index (χ4n) is 3.55. The zero-order chi connectivity index (χ0) is 21.8. The number of amides is 1. The van der Waals surface area contributed by atoms with Gasteiger partial charge in [0.15, 0.2) is 12.4 Å². The molecule has 1 aliphatic rings. The molecular weight excluding hydrogens is 458 g/mol. The zero-order valence-corrected chi connectivity index (χ0v) is 18.2. The average molecular weight is 478 g/mol. The van der Waals surface area contributed by atoms with E-state index in [1.54, 1.807) is 17.0 Å². The van der Waals surface area contributed by atoms with Gasteiger partial charge in [0.1, 0.15) is 0 Å². The van der Waals surface area contributed by atoms with E-state index in [2.05, 4.69) is 15.9 Å². The van der Waals surface area contributed by atoms with Crippen LogP contribution >= 0.6 is 15.9 Å². The van der Waals surface area contributed by atoms with Crippen LogP contribution in [-0.2, 0) is 14.3 Å². The molecule has 4 rings (SSSR count). The number of benzene rings is 3. The summed E-state index contributed by atoms with van der Waals surface area (Å²) in [6, 6.07) is 24.4. The molecule has 0 radical (unpaired) electrons. The van der Waals surface area contributed by atoms with E-state index in [0.29, 0.717) is 5.56 Å². The van der Waals surface area contributed by atoms with Crippen molar-refractivity contribution in [2.45, 2.75) is 6.42 Å². The lowest BCUT2D eigenvalue weighted by molar-refractivity contribution is -0.147. The van der Waals surface area contributed by atoms with E-state index in [0.717, 1.165) is 21.3 Å². The van der Waals surface area contributed by atoms with Crippen LogP contribution in [0.4, 0.5) is 5.69 Å². The number of nitrogens with zero attached hydrogens (tertiary/aromatic N) is 1. The molecule has 1 atom stereocenters. The summed E-state index contributed by atoms with van der Waals surface area (Å²) in [6.45, 7) is -0.0915. The Morgan fingerprint density at radius 3 is 2.23 bits per heavy atom. The van der Waals surface area contributed by atoms with Crippen molar-refractivity contribution in [2.75, 3.05) is 18.1 Å². The van der Waals surface area contributed by atoms with E-state index in [1.807, 2.05) is 66.7 Å². The molecule has 0 unspecified atom stereocenters. The molecule has 156 valence electrons. The Bertz CT molecular complexity index is 1090. The SMILES string of the molecule is O=C(COC(=O)[C@@H]1CC(=O)N(c2ccc(Br)cc2)C1)c1ccc(-c2ccccc2)cc1. The van der Waals surface area contributed by atoms with E-state index < -0.39 is 11.9 Å². The Labute approximate surface area is 188 Å². The number of Topliss-reactive ketones (excluding diaryl/α,β-unsaturated/α-hetero) is 1. The number of ether oxygens (including phenoxy) is 1. The Morgan fingerprint density at radius 1 is 0.903 bits per heavy atom. The smallest absolute Gasteiger partial charge is 0.311 e. The lowest BCUT2D eigenvalue weighted by Crippen LogP contribution is -2.27. The molecule has 31 heavy (non-hydrogen) atoms. The third kappa shape index (κ3) is 4.91. The van der Waals surface area contributed by atoms with Crippen molar-refractivity contribution < 1.29 is 19.1 Å². The highest BCUT2D eigenvalue weighted by atomic mass is 79.9. The van der Waals surface area contributed by atoms with Crippen LogP contribution in [0.2, 0.25) is 0 Å². The van der Waals surface area contributed by atoms with Crippen LogP contribution in [0, 0.1) is 5.92 Å². The normalized spacial score (nSPS) is 15.7. The van der Waals surface area contributed by atoms with Crippen LogP contribution in [0.1, 0.15) is 16.8 Å². The molecule has 1 aliphatic heterocycles. The van der Waals surface area contributed by atoms with Gasteiger partial charge in [-0.15, -0.1) is 0 Å². The number of rotatable bonds is 6. The number of ketones is 1. The van der Waals surface area contributed by atoms with Gasteiger partial charge in [-0.3, -0.25) is 14.4 Å². The minimum absolute atomic E-state index is 0.0782. The van der Waals surface area contributed by atoms with E-state index in [4.69, 9.17) is 4.74 Å². The molecule has 1 heterocycles. The molecule has 1 saturated heterocycles. The molecule has 0 N–H and O–H groups in total. The topological polar surface area (TPSA) is 63.7 Å². The summed E-state index contributed by atoms with van der Waals surface area (Å²) in [6.07, 6.45) is 0.0782. The lowest BCUT2D eigenvalue weighted by Gasteiger charge is -2.16. The Morgan fingerprint density at radius 2 is 1.55 bits per heavy atom. The second-order valence-electron chi connectivity index (χ2n) is 7.36. The summed E-state index contributed by atoms with van der Waals surface area (Å²) in [5.74, 6) is -1.51. The van der Waals surface area contributed by atoms with Crippen molar-refractivity contribution >= 4 is 39.3 Å². The fourth-order valence-corrected chi connectivity index (χ4v) is 3.82. The van der Waals surface area contributed by atoms with Crippen LogP contribution < -0.4 is 4.90 Å². The minimum Gasteiger partial charge on any atom is -0.457 e. The van der Waals surface area contributed by atoms with Crippen molar-refractivity contribution in [1.29, 1.82) is 0 Å². The maximum Gasteiger partial charge on any atom is 0.311 e. The second kappa shape index (κ2) is 9.27. The van der Waals surface area contributed by atoms with Gasteiger partial charge in [-0.05, 0) is 35.4 Å². The molecule has 0 spiro atoms. The van der Waals surface area contributed by atoms with Crippen molar-refractivity contribution in [3.8, 4) is 11.1 Å². The molecule has 6 heteroatoms. The Kier molecular flexibility index (Phi) is 6.28. The van der Waals surface area contributed by atoms with Gasteiger partial charge in [0.25, 0.3) is 0 Å². The zero-order valence-electron chi connectivity index (χ0n) is 16.7. The summed E-state index contributed by atoms with van der Waals surface area (Å²) < 4.78 is 6.15. The highest BCUT2D eigenvalue weighted by molar-refractivity contribution is 9.10. The first-order valence-electron chi connectivity index (χ1n) is 9.92. The standard InChI is InChI=1S/C25H20BrNO4/c26-21-10-12-22(13-11-21)27-15-20(14-24(27)29)25(30)31-16-23(28)19-8-6-18(7-9-19)17-4-2-1-3-5-17/h1-13,20H,14-16H2/t20-/m1/s1. The predicted octanol–water partition coefficient (Wildman–Crippen LogP) is 4.90. The molecular formula is C25H20BrNO4. The van der Waals surface area contributed by atoms with Crippen LogP contribution in [0.25, 0.3) is 11.1 Å². The molecule has 0 aliphatic carbocycles. The molecule has 1 fully saturated rings. The summed E-state index contributed by atoms with van der Waals surface area (Å²) in [7, 11) is 0. The molecule has 3 aromatic carbocycles. The first-order valence-corrected chi connectivity index (χ1v) is 10.7. The first-order chi connectivity index (χ1) is 15.0. The summed E-state index contributed by atoms with van der Waals surface area (Å²) >= 11 is 3.36. The largest absolute Gasteiger partial charge is 0.457 e. The molecule has 0 saturated carbocycles. The quantitative estimate of drug-likeness (QED) is 0.374. The van der Waals surface area contributed by atoms with E-state index in [1.165, 1.54) is 0 Å². The van der Waals surface area contributed by atoms with Gasteiger partial charge in [0.2, 0.25) is 5.91 Å². The molecule has 3 aromatic rings. The Balaban J connectivity index is 1.33. The fraction of sp³-hybridized carbons (Fsp3) is 0.160. The van der Waals surface area contributed by atoms with Gasteiger partial charge in [-0.2, -0.15) is 0 Å². The first kappa shape index (κ1) is 21.0. The molecule has 0 aromatic heterocycles. The predicted molar refractivity (Wildman–Crippen MR) is 122 cm³/mol. The van der Waals surface area contributed by atoms with E-state index in [-0.39, 0.29) is 31.3 Å². The number of esters is 1. The number of carbonyl (C=O) groups excluding carboxylic acids is 3. The van der Waals surface area contributed by atoms with Gasteiger partial charge in [0, 0.05) is 28.7 Å². The third-order valence-electron chi connectivity index (χ3n) is 5.26. The van der Waals surface area contributed by atoms with Crippen LogP contribution in [0.5, 0.6) is 0 Å². The number of hydrogen-bond acceptors (Lipinski definition) is 4. The molecule has 1 amide bonds. The number of carbonyl (C=O) groups is 3. The van der Waals surface area contributed by atoms with Crippen molar-refractivity contribution in [1.82, 2.24) is 0 Å². The average Bonchev–Trinajstić information content (AvgIpc) is 3.20. The maximum atomic E-state index is 12.4. The van der Waals surface area contributed by atoms with Crippen molar-refractivity contribution in [3.05, 3.63) is 88.9 Å². The number of hydrogen-bond donors (Lipinski definition) is 0. The van der Waals surface area contributed by atoms with E-state index in [9.17, 15) is 14.4 Å². The highest BCUT2D eigenvalue weighted by Gasteiger charge is 2.36.